The highest BCUT2D eigenvalue weighted by Gasteiger charge is 2.22. The Labute approximate surface area is 176 Å². The number of ether oxygens (including phenoxy) is 1. The van der Waals surface area contributed by atoms with E-state index in [2.05, 4.69) is 44.5 Å². The molecular formula is C24H26N4O2. The molecular weight excluding hydrogens is 376 g/mol. The Balaban J connectivity index is 1.38. The number of fused-ring (bicyclic) bond motifs is 1. The van der Waals surface area contributed by atoms with Gasteiger partial charge in [-0.1, -0.05) is 48.5 Å². The Bertz CT molecular complexity index is 1010. The van der Waals surface area contributed by atoms with Gasteiger partial charge in [-0.3, -0.25) is 9.69 Å². The highest BCUT2D eigenvalue weighted by Crippen LogP contribution is 2.24. The number of aromatic nitrogens is 2. The quantitative estimate of drug-likeness (QED) is 0.654. The Hall–Kier alpha value is -3.25. The van der Waals surface area contributed by atoms with E-state index in [0.29, 0.717) is 18.7 Å². The lowest BCUT2D eigenvalue weighted by atomic mass is 10.0. The molecule has 154 valence electrons. The Kier molecular flexibility index (Phi) is 6.35. The second kappa shape index (κ2) is 9.50. The summed E-state index contributed by atoms with van der Waals surface area (Å²) in [5.41, 5.74) is 4.36. The number of carbonyl (C=O) groups is 1. The summed E-state index contributed by atoms with van der Waals surface area (Å²) in [6.07, 6.45) is 3.36. The van der Waals surface area contributed by atoms with E-state index in [1.165, 1.54) is 5.56 Å². The highest BCUT2D eigenvalue weighted by molar-refractivity contribution is 5.90. The van der Waals surface area contributed by atoms with Crippen molar-refractivity contribution in [1.29, 1.82) is 0 Å². The van der Waals surface area contributed by atoms with Crippen molar-refractivity contribution in [3.05, 3.63) is 83.3 Å². The van der Waals surface area contributed by atoms with Gasteiger partial charge >= 0.3 is 0 Å². The minimum atomic E-state index is -0.0477. The number of carbonyl (C=O) groups excluding carboxylic acids is 1. The van der Waals surface area contributed by atoms with Gasteiger partial charge in [0.1, 0.15) is 17.9 Å². The number of anilines is 1. The molecule has 0 atom stereocenters. The number of benzene rings is 2. The lowest BCUT2D eigenvalue weighted by Crippen LogP contribution is -2.32. The van der Waals surface area contributed by atoms with E-state index in [1.807, 2.05) is 30.3 Å². The van der Waals surface area contributed by atoms with Crippen molar-refractivity contribution in [3.8, 4) is 5.75 Å². The zero-order chi connectivity index (χ0) is 20.8. The van der Waals surface area contributed by atoms with Crippen LogP contribution in [0.3, 0.4) is 0 Å². The number of nitrogens with one attached hydrogen (secondary N) is 1. The summed E-state index contributed by atoms with van der Waals surface area (Å²) in [6.45, 7) is 2.57. The zero-order valence-electron chi connectivity index (χ0n) is 17.2. The number of nitrogens with zero attached hydrogens (tertiary/aromatic N) is 3. The fourth-order valence-corrected chi connectivity index (χ4v) is 3.85. The van der Waals surface area contributed by atoms with Crippen molar-refractivity contribution in [3.63, 3.8) is 0 Å². The van der Waals surface area contributed by atoms with Crippen molar-refractivity contribution in [2.75, 3.05) is 19.0 Å². The minimum Gasteiger partial charge on any atom is -0.496 e. The molecule has 6 nitrogen and oxygen atoms in total. The van der Waals surface area contributed by atoms with Gasteiger partial charge in [0.15, 0.2) is 0 Å². The van der Waals surface area contributed by atoms with E-state index in [9.17, 15) is 4.79 Å². The first-order valence-electron chi connectivity index (χ1n) is 10.2. The van der Waals surface area contributed by atoms with Crippen LogP contribution in [0.1, 0.15) is 28.8 Å². The monoisotopic (exact) mass is 402 g/mol. The fraction of sp³-hybridized carbons (Fsp3) is 0.292. The Morgan fingerprint density at radius 2 is 1.90 bits per heavy atom. The molecule has 2 heterocycles. The summed E-state index contributed by atoms with van der Waals surface area (Å²) < 4.78 is 5.37. The number of amides is 1. The van der Waals surface area contributed by atoms with Crippen molar-refractivity contribution < 1.29 is 9.53 Å². The molecule has 0 aliphatic carbocycles. The van der Waals surface area contributed by atoms with E-state index >= 15 is 0 Å². The largest absolute Gasteiger partial charge is 0.496 e. The molecule has 0 saturated heterocycles. The van der Waals surface area contributed by atoms with E-state index < -0.39 is 0 Å². The number of hydrogen-bond acceptors (Lipinski definition) is 5. The molecule has 30 heavy (non-hydrogen) atoms. The van der Waals surface area contributed by atoms with Crippen LogP contribution in [0, 0.1) is 0 Å². The third-order valence-electron chi connectivity index (χ3n) is 5.41. The van der Waals surface area contributed by atoms with Gasteiger partial charge in [-0.15, -0.1) is 0 Å². The van der Waals surface area contributed by atoms with Gasteiger partial charge in [0.05, 0.1) is 12.8 Å². The molecule has 0 saturated carbocycles. The fourth-order valence-electron chi connectivity index (χ4n) is 3.85. The van der Waals surface area contributed by atoms with Crippen LogP contribution in [-0.2, 0) is 30.7 Å². The van der Waals surface area contributed by atoms with Crippen LogP contribution in [0.5, 0.6) is 5.75 Å². The van der Waals surface area contributed by atoms with Crippen molar-refractivity contribution in [2.24, 2.45) is 0 Å². The Morgan fingerprint density at radius 1 is 1.10 bits per heavy atom. The van der Waals surface area contributed by atoms with Gasteiger partial charge in [-0.25, -0.2) is 9.97 Å². The maximum Gasteiger partial charge on any atom is 0.225 e. The standard InChI is InChI=1S/C24H26N4O2/c1-30-22-10-6-5-9-19(22)11-12-23(29)27-24-20-13-14-28(16-21(20)25-17-26-24)15-18-7-3-2-4-8-18/h2-10,17H,11-16H2,1H3,(H,25,26,27,29). The molecule has 0 fully saturated rings. The van der Waals surface area contributed by atoms with Gasteiger partial charge < -0.3 is 10.1 Å². The van der Waals surface area contributed by atoms with Crippen LogP contribution in [0.2, 0.25) is 0 Å². The van der Waals surface area contributed by atoms with Gasteiger partial charge in [0.25, 0.3) is 0 Å². The first-order chi connectivity index (χ1) is 14.7. The van der Waals surface area contributed by atoms with Crippen molar-refractivity contribution >= 4 is 11.7 Å². The summed E-state index contributed by atoms with van der Waals surface area (Å²) in [6, 6.07) is 18.2. The van der Waals surface area contributed by atoms with Crippen LogP contribution >= 0.6 is 0 Å². The predicted octanol–water partition coefficient (Wildman–Crippen LogP) is 3.61. The second-order valence-corrected chi connectivity index (χ2v) is 7.45. The molecule has 1 amide bonds. The third-order valence-corrected chi connectivity index (χ3v) is 5.41. The van der Waals surface area contributed by atoms with Gasteiger partial charge in [0.2, 0.25) is 5.91 Å². The minimum absolute atomic E-state index is 0.0477. The van der Waals surface area contributed by atoms with E-state index in [0.717, 1.165) is 48.6 Å². The SMILES string of the molecule is COc1ccccc1CCC(=O)Nc1ncnc2c1CCN(Cc1ccccc1)C2. The molecule has 0 radical (unpaired) electrons. The number of para-hydroxylation sites is 1. The summed E-state index contributed by atoms with van der Waals surface area (Å²) in [4.78, 5) is 23.7. The number of aryl methyl sites for hydroxylation is 1. The number of methoxy groups -OCH3 is 1. The summed E-state index contributed by atoms with van der Waals surface area (Å²) >= 11 is 0. The maximum atomic E-state index is 12.6. The van der Waals surface area contributed by atoms with Crippen molar-refractivity contribution in [2.45, 2.75) is 32.4 Å². The molecule has 0 bridgehead atoms. The molecule has 1 aliphatic heterocycles. The molecule has 6 heteroatoms. The topological polar surface area (TPSA) is 67.3 Å². The Morgan fingerprint density at radius 3 is 2.73 bits per heavy atom. The molecule has 2 aromatic carbocycles. The molecule has 3 aromatic rings. The smallest absolute Gasteiger partial charge is 0.225 e. The lowest BCUT2D eigenvalue weighted by Gasteiger charge is -2.28. The molecule has 0 spiro atoms. The van der Waals surface area contributed by atoms with Crippen LogP contribution in [0.25, 0.3) is 0 Å². The lowest BCUT2D eigenvalue weighted by molar-refractivity contribution is -0.116. The normalized spacial score (nSPS) is 13.5. The van der Waals surface area contributed by atoms with Gasteiger partial charge in [-0.05, 0) is 30.0 Å². The zero-order valence-corrected chi connectivity index (χ0v) is 17.2. The van der Waals surface area contributed by atoms with Gasteiger partial charge in [0, 0.05) is 31.6 Å². The summed E-state index contributed by atoms with van der Waals surface area (Å²) in [5.74, 6) is 1.40. The van der Waals surface area contributed by atoms with Gasteiger partial charge in [-0.2, -0.15) is 0 Å². The average molecular weight is 402 g/mol. The highest BCUT2D eigenvalue weighted by atomic mass is 16.5. The van der Waals surface area contributed by atoms with Crippen LogP contribution in [-0.4, -0.2) is 34.4 Å². The molecule has 0 unspecified atom stereocenters. The predicted molar refractivity (Wildman–Crippen MR) is 116 cm³/mol. The van der Waals surface area contributed by atoms with Crippen LogP contribution in [0.15, 0.2) is 60.9 Å². The van der Waals surface area contributed by atoms with E-state index in [4.69, 9.17) is 4.74 Å². The maximum absolute atomic E-state index is 12.6. The number of hydrogen-bond donors (Lipinski definition) is 1. The number of rotatable bonds is 7. The first kappa shape index (κ1) is 20.0. The molecule has 4 rings (SSSR count). The summed E-state index contributed by atoms with van der Waals surface area (Å²) in [5, 5.41) is 2.99. The first-order valence-corrected chi connectivity index (χ1v) is 10.2. The second-order valence-electron chi connectivity index (χ2n) is 7.45. The van der Waals surface area contributed by atoms with Crippen LogP contribution in [0.4, 0.5) is 5.82 Å². The molecule has 1 aliphatic rings. The summed E-state index contributed by atoms with van der Waals surface area (Å²) in [7, 11) is 1.65. The molecule has 1 N–H and O–H groups in total. The molecule has 1 aromatic heterocycles. The third kappa shape index (κ3) is 4.83. The van der Waals surface area contributed by atoms with Crippen LogP contribution < -0.4 is 10.1 Å². The van der Waals surface area contributed by atoms with E-state index in [1.54, 1.807) is 13.4 Å². The average Bonchev–Trinajstić information content (AvgIpc) is 2.78. The van der Waals surface area contributed by atoms with Crippen molar-refractivity contribution in [1.82, 2.24) is 14.9 Å². The van der Waals surface area contributed by atoms with E-state index in [-0.39, 0.29) is 5.91 Å².